The molecule has 17 nitrogen and oxygen atoms in total. The fourth-order valence-electron chi connectivity index (χ4n) is 9.20. The molecule has 17 heteroatoms. The van der Waals surface area contributed by atoms with Gasteiger partial charge in [0.25, 0.3) is 11.8 Å². The fraction of sp³-hybridized carbons (Fsp3) is 0.250. The summed E-state index contributed by atoms with van der Waals surface area (Å²) in [5, 5.41) is 29.8. The van der Waals surface area contributed by atoms with Crippen molar-refractivity contribution in [2.45, 2.75) is 49.4 Å². The number of aromatic nitrogens is 4. The predicted molar refractivity (Wildman–Crippen MR) is 270 cm³/mol. The second-order valence-corrected chi connectivity index (χ2v) is 18.8. The molecular formula is C56H51N9O8. The summed E-state index contributed by atoms with van der Waals surface area (Å²) in [6.45, 7) is 0.390. The highest BCUT2D eigenvalue weighted by Gasteiger charge is 2.52. The van der Waals surface area contributed by atoms with Gasteiger partial charge in [0.15, 0.2) is 28.8 Å². The summed E-state index contributed by atoms with van der Waals surface area (Å²) in [7, 11) is 6.87. The van der Waals surface area contributed by atoms with E-state index in [1.54, 1.807) is 57.4 Å². The Morgan fingerprint density at radius 3 is 1.47 bits per heavy atom. The Morgan fingerprint density at radius 2 is 1.04 bits per heavy atom. The first-order chi connectivity index (χ1) is 35.3. The van der Waals surface area contributed by atoms with E-state index in [-0.39, 0.29) is 43.6 Å². The van der Waals surface area contributed by atoms with Crippen LogP contribution in [0.3, 0.4) is 0 Å². The second-order valence-electron chi connectivity index (χ2n) is 18.8. The van der Waals surface area contributed by atoms with Gasteiger partial charge in [-0.2, -0.15) is 10.5 Å². The molecule has 0 bridgehead atoms. The lowest BCUT2D eigenvalue weighted by atomic mass is 9.93. The molecule has 0 unspecified atom stereocenters. The molecule has 2 saturated carbocycles. The number of anilines is 2. The molecule has 3 heterocycles. The van der Waals surface area contributed by atoms with E-state index in [9.17, 15) is 24.4 Å². The molecule has 2 fully saturated rings. The number of tetrazole rings is 1. The van der Waals surface area contributed by atoms with Crippen LogP contribution in [0.15, 0.2) is 121 Å². The summed E-state index contributed by atoms with van der Waals surface area (Å²) in [5.41, 5.74) is 8.56. The van der Waals surface area contributed by atoms with Crippen LogP contribution in [-0.2, 0) is 33.3 Å². The SMILES string of the molecule is CN(C)C(=O)c1ccc(-c2cc(NC(=O)C3(c4ccc5c(c4)OCO5)CC3)ccc2CC#N)cc1.CN(C)C(=O)c1ccc(-c2cc(NC(=O)C3(c4ccc5c(c4)OCO5)CC3)ccc2Cc2nn[nH]n2)cc1. The zero-order valence-electron chi connectivity index (χ0n) is 40.7. The molecule has 0 atom stereocenters. The van der Waals surface area contributed by atoms with Crippen molar-refractivity contribution in [3.05, 3.63) is 161 Å². The summed E-state index contributed by atoms with van der Waals surface area (Å²) >= 11 is 0. The summed E-state index contributed by atoms with van der Waals surface area (Å²) in [4.78, 5) is 54.5. The lowest BCUT2D eigenvalue weighted by molar-refractivity contribution is -0.119. The van der Waals surface area contributed by atoms with Crippen LogP contribution in [-0.4, -0.2) is 95.8 Å². The minimum atomic E-state index is -0.585. The normalized spacial score (nSPS) is 14.7. The van der Waals surface area contributed by atoms with Crippen molar-refractivity contribution >= 4 is 35.0 Å². The summed E-state index contributed by atoms with van der Waals surface area (Å²) in [6, 6.07) is 39.7. The highest BCUT2D eigenvalue weighted by atomic mass is 16.7. The summed E-state index contributed by atoms with van der Waals surface area (Å²) in [5.74, 6) is 3.03. The second kappa shape index (κ2) is 19.6. The Hall–Kier alpha value is -9.04. The van der Waals surface area contributed by atoms with E-state index in [0.29, 0.717) is 57.7 Å². The number of hydrogen-bond donors (Lipinski definition) is 3. The maximum Gasteiger partial charge on any atom is 0.253 e. The molecule has 6 aromatic carbocycles. The van der Waals surface area contributed by atoms with Crippen molar-refractivity contribution in [2.75, 3.05) is 52.4 Å². The standard InChI is InChI=1S/C28H26N6O4.C28H25N3O4/c1-34(2)26(35)18-5-3-17(4-6-18)22-15-21(9-7-19(22)13-25-30-32-33-31-25)29-27(36)28(11-12-28)20-8-10-23-24(14-20)38-16-37-23;1-31(2)26(32)20-5-3-18(4-6-20)23-16-22(9-7-19(23)11-14-29)30-27(33)28(12-13-28)21-8-10-24-25(15-21)35-17-34-24/h3-10,14-15H,11-13,16H2,1-2H3,(H,29,36)(H,30,31,32,33);3-10,15-16H,11-13,17H2,1-2H3,(H,30,33). The van der Waals surface area contributed by atoms with Crippen molar-refractivity contribution in [2.24, 2.45) is 0 Å². The minimum absolute atomic E-state index is 0.0554. The zero-order chi connectivity index (χ0) is 50.9. The molecule has 4 aliphatic rings. The molecule has 3 N–H and O–H groups in total. The Morgan fingerprint density at radius 1 is 0.589 bits per heavy atom. The molecule has 0 spiro atoms. The van der Waals surface area contributed by atoms with Crippen LogP contribution in [0.4, 0.5) is 11.4 Å². The molecular weight excluding hydrogens is 927 g/mol. The molecule has 2 aliphatic carbocycles. The lowest BCUT2D eigenvalue weighted by Crippen LogP contribution is -2.27. The molecule has 0 radical (unpaired) electrons. The van der Waals surface area contributed by atoms with E-state index in [1.165, 1.54) is 4.90 Å². The molecule has 73 heavy (non-hydrogen) atoms. The number of hydrogen-bond acceptors (Lipinski definition) is 12. The molecule has 11 rings (SSSR count). The molecule has 368 valence electrons. The third-order valence-electron chi connectivity index (χ3n) is 13.7. The smallest absolute Gasteiger partial charge is 0.253 e. The Kier molecular flexibility index (Phi) is 12.8. The van der Waals surface area contributed by atoms with Gasteiger partial charge in [0.05, 0.1) is 23.3 Å². The third-order valence-corrected chi connectivity index (χ3v) is 13.7. The van der Waals surface area contributed by atoms with Crippen molar-refractivity contribution in [3.63, 3.8) is 0 Å². The first kappa shape index (κ1) is 47.6. The Bertz CT molecular complexity index is 3300. The predicted octanol–water partition coefficient (Wildman–Crippen LogP) is 8.08. The third kappa shape index (κ3) is 9.74. The van der Waals surface area contributed by atoms with Crippen LogP contribution in [0.2, 0.25) is 0 Å². The number of benzene rings is 6. The topological polar surface area (TPSA) is 214 Å². The highest BCUT2D eigenvalue weighted by Crippen LogP contribution is 2.52. The van der Waals surface area contributed by atoms with Crippen LogP contribution in [0.1, 0.15) is 74.5 Å². The number of aromatic amines is 1. The van der Waals surface area contributed by atoms with Gasteiger partial charge in [0, 0.05) is 57.1 Å². The van der Waals surface area contributed by atoms with Crippen LogP contribution >= 0.6 is 0 Å². The number of H-pyrrole nitrogens is 1. The zero-order valence-corrected chi connectivity index (χ0v) is 40.7. The molecule has 4 amide bonds. The van der Waals surface area contributed by atoms with Gasteiger partial charge in [0.2, 0.25) is 25.4 Å². The van der Waals surface area contributed by atoms with Crippen LogP contribution < -0.4 is 29.6 Å². The number of fused-ring (bicyclic) bond motifs is 2. The highest BCUT2D eigenvalue weighted by molar-refractivity contribution is 6.03. The van der Waals surface area contributed by atoms with E-state index >= 15 is 0 Å². The number of nitrogens with zero attached hydrogens (tertiary/aromatic N) is 6. The molecule has 7 aromatic rings. The van der Waals surface area contributed by atoms with Crippen molar-refractivity contribution in [3.8, 4) is 51.3 Å². The van der Waals surface area contributed by atoms with Crippen molar-refractivity contribution in [1.29, 1.82) is 5.26 Å². The van der Waals surface area contributed by atoms with E-state index < -0.39 is 10.8 Å². The largest absolute Gasteiger partial charge is 0.454 e. The van der Waals surface area contributed by atoms with Gasteiger partial charge in [0.1, 0.15) is 0 Å². The number of amides is 4. The Labute approximate surface area is 421 Å². The number of nitrogens with one attached hydrogen (secondary N) is 3. The maximum absolute atomic E-state index is 13.5. The molecule has 1 aromatic heterocycles. The quantitative estimate of drug-likeness (QED) is 0.100. The fourth-order valence-corrected chi connectivity index (χ4v) is 9.20. The van der Waals surface area contributed by atoms with E-state index in [2.05, 4.69) is 37.3 Å². The maximum atomic E-state index is 13.5. The summed E-state index contributed by atoms with van der Waals surface area (Å²) in [6.07, 6.45) is 3.76. The monoisotopic (exact) mass is 977 g/mol. The Balaban J connectivity index is 0.000000168. The van der Waals surface area contributed by atoms with E-state index in [4.69, 9.17) is 18.9 Å². The average molecular weight is 978 g/mol. The lowest BCUT2D eigenvalue weighted by Gasteiger charge is -2.18. The number of nitriles is 1. The number of rotatable bonds is 13. The van der Waals surface area contributed by atoms with Gasteiger partial charge in [-0.3, -0.25) is 19.2 Å². The number of ether oxygens (including phenoxy) is 4. The van der Waals surface area contributed by atoms with Gasteiger partial charge in [-0.25, -0.2) is 0 Å². The average Bonchev–Trinajstić information content (AvgIpc) is 4.20. The van der Waals surface area contributed by atoms with Gasteiger partial charge in [-0.1, -0.05) is 53.7 Å². The van der Waals surface area contributed by atoms with E-state index in [1.807, 2.05) is 97.1 Å². The van der Waals surface area contributed by atoms with Crippen LogP contribution in [0.25, 0.3) is 22.3 Å². The first-order valence-electron chi connectivity index (χ1n) is 23.8. The molecule has 2 aliphatic heterocycles. The van der Waals surface area contributed by atoms with Gasteiger partial charge >= 0.3 is 0 Å². The van der Waals surface area contributed by atoms with Gasteiger partial charge in [-0.05, 0) is 143 Å². The minimum Gasteiger partial charge on any atom is -0.454 e. The van der Waals surface area contributed by atoms with Gasteiger partial charge in [-0.15, -0.1) is 10.2 Å². The number of carbonyl (C=O) groups is 4. The number of carbonyl (C=O) groups excluding carboxylic acids is 4. The summed E-state index contributed by atoms with van der Waals surface area (Å²) < 4.78 is 21.8. The van der Waals surface area contributed by atoms with Gasteiger partial charge < -0.3 is 39.4 Å². The molecule has 0 saturated heterocycles. The van der Waals surface area contributed by atoms with Crippen molar-refractivity contribution < 1.29 is 38.1 Å². The van der Waals surface area contributed by atoms with Crippen LogP contribution in [0, 0.1) is 11.3 Å². The van der Waals surface area contributed by atoms with Crippen molar-refractivity contribution in [1.82, 2.24) is 30.4 Å². The first-order valence-corrected chi connectivity index (χ1v) is 23.8. The van der Waals surface area contributed by atoms with E-state index in [0.717, 1.165) is 70.2 Å². The van der Waals surface area contributed by atoms with Crippen LogP contribution in [0.5, 0.6) is 23.0 Å².